The molecule has 2 aromatic rings. The first-order valence-electron chi connectivity index (χ1n) is 5.98. The second-order valence-electron chi connectivity index (χ2n) is 4.45. The lowest BCUT2D eigenvalue weighted by molar-refractivity contribution is 0.276. The van der Waals surface area contributed by atoms with Gasteiger partial charge in [0.1, 0.15) is 11.6 Å². The first kappa shape index (κ1) is 13.5. The van der Waals surface area contributed by atoms with Crippen LogP contribution in [0, 0.1) is 18.6 Å². The molecule has 0 spiro atoms. The monoisotopic (exact) mass is 263 g/mol. The Balaban J connectivity index is 2.24. The molecule has 2 aromatic carbocycles. The summed E-state index contributed by atoms with van der Waals surface area (Å²) in [5.74, 6) is -1.31. The number of hydrogen-bond donors (Lipinski definition) is 2. The van der Waals surface area contributed by atoms with Gasteiger partial charge in [-0.25, -0.2) is 8.78 Å². The van der Waals surface area contributed by atoms with E-state index in [0.29, 0.717) is 5.56 Å². The van der Waals surface area contributed by atoms with E-state index in [-0.39, 0.29) is 6.61 Å². The molecule has 0 heterocycles. The number of hydrogen-bond acceptors (Lipinski definition) is 2. The van der Waals surface area contributed by atoms with Crippen LogP contribution in [0.2, 0.25) is 0 Å². The summed E-state index contributed by atoms with van der Waals surface area (Å²) in [5, 5.41) is 12.4. The zero-order valence-corrected chi connectivity index (χ0v) is 10.5. The first-order valence-corrected chi connectivity index (χ1v) is 5.98. The lowest BCUT2D eigenvalue weighted by Crippen LogP contribution is -2.15. The van der Waals surface area contributed by atoms with Crippen molar-refractivity contribution in [1.82, 2.24) is 0 Å². The molecule has 19 heavy (non-hydrogen) atoms. The number of halogens is 2. The van der Waals surface area contributed by atoms with Gasteiger partial charge >= 0.3 is 0 Å². The molecule has 0 aromatic heterocycles. The normalized spacial score (nSPS) is 12.2. The number of anilines is 1. The number of benzene rings is 2. The Morgan fingerprint density at radius 3 is 2.37 bits per heavy atom. The first-order chi connectivity index (χ1) is 9.08. The third kappa shape index (κ3) is 3.51. The highest BCUT2D eigenvalue weighted by atomic mass is 19.1. The molecule has 0 aliphatic rings. The Morgan fingerprint density at radius 1 is 1.11 bits per heavy atom. The van der Waals surface area contributed by atoms with Crippen molar-refractivity contribution in [3.8, 4) is 0 Å². The van der Waals surface area contributed by atoms with Gasteiger partial charge in [0.25, 0.3) is 0 Å². The van der Waals surface area contributed by atoms with E-state index in [9.17, 15) is 13.9 Å². The van der Waals surface area contributed by atoms with Crippen molar-refractivity contribution in [2.24, 2.45) is 0 Å². The van der Waals surface area contributed by atoms with Crippen LogP contribution in [0.25, 0.3) is 0 Å². The standard InChI is InChI=1S/C15H15F2NO/c1-10-3-2-4-14(5-10)18-15(9-19)11-6-12(16)8-13(17)7-11/h2-8,15,18-19H,9H2,1H3. The number of aryl methyl sites for hydroxylation is 1. The SMILES string of the molecule is Cc1cccc(NC(CO)c2cc(F)cc(F)c2)c1. The second-order valence-corrected chi connectivity index (χ2v) is 4.45. The molecule has 0 aliphatic carbocycles. The summed E-state index contributed by atoms with van der Waals surface area (Å²) >= 11 is 0. The summed E-state index contributed by atoms with van der Waals surface area (Å²) in [5.41, 5.74) is 2.23. The molecule has 2 nitrogen and oxygen atoms in total. The Bertz CT molecular complexity index is 552. The molecule has 0 amide bonds. The molecule has 0 fully saturated rings. The van der Waals surface area contributed by atoms with E-state index in [1.165, 1.54) is 12.1 Å². The van der Waals surface area contributed by atoms with Crippen LogP contribution in [-0.4, -0.2) is 11.7 Å². The van der Waals surface area contributed by atoms with Gasteiger partial charge in [-0.1, -0.05) is 12.1 Å². The highest BCUT2D eigenvalue weighted by Crippen LogP contribution is 2.21. The molecular weight excluding hydrogens is 248 g/mol. The van der Waals surface area contributed by atoms with Crippen molar-refractivity contribution in [2.75, 3.05) is 11.9 Å². The van der Waals surface area contributed by atoms with Crippen LogP contribution < -0.4 is 5.32 Å². The number of aliphatic hydroxyl groups excluding tert-OH is 1. The van der Waals surface area contributed by atoms with Crippen LogP contribution >= 0.6 is 0 Å². The molecule has 2 rings (SSSR count). The average molecular weight is 263 g/mol. The molecule has 0 saturated heterocycles. The Morgan fingerprint density at radius 2 is 1.79 bits per heavy atom. The van der Waals surface area contributed by atoms with Crippen molar-refractivity contribution in [1.29, 1.82) is 0 Å². The molecule has 0 bridgehead atoms. The number of aliphatic hydroxyl groups is 1. The lowest BCUT2D eigenvalue weighted by Gasteiger charge is -2.18. The minimum Gasteiger partial charge on any atom is -0.394 e. The van der Waals surface area contributed by atoms with Crippen molar-refractivity contribution >= 4 is 5.69 Å². The summed E-state index contributed by atoms with van der Waals surface area (Å²) in [4.78, 5) is 0. The topological polar surface area (TPSA) is 32.3 Å². The molecule has 1 unspecified atom stereocenters. The van der Waals surface area contributed by atoms with E-state index < -0.39 is 17.7 Å². The fourth-order valence-corrected chi connectivity index (χ4v) is 1.95. The molecule has 0 radical (unpaired) electrons. The predicted octanol–water partition coefficient (Wildman–Crippen LogP) is 3.42. The highest BCUT2D eigenvalue weighted by molar-refractivity contribution is 5.47. The van der Waals surface area contributed by atoms with Crippen molar-refractivity contribution in [3.63, 3.8) is 0 Å². The van der Waals surface area contributed by atoms with E-state index in [4.69, 9.17) is 0 Å². The Hall–Kier alpha value is -1.94. The quantitative estimate of drug-likeness (QED) is 0.886. The average Bonchev–Trinajstić information content (AvgIpc) is 2.34. The van der Waals surface area contributed by atoms with Gasteiger partial charge in [-0.05, 0) is 42.3 Å². The molecule has 0 aliphatic heterocycles. The van der Waals surface area contributed by atoms with E-state index in [2.05, 4.69) is 5.32 Å². The van der Waals surface area contributed by atoms with Crippen molar-refractivity contribution in [3.05, 3.63) is 65.2 Å². The summed E-state index contributed by atoms with van der Waals surface area (Å²) in [6.07, 6.45) is 0. The van der Waals surface area contributed by atoms with Gasteiger partial charge in [0.2, 0.25) is 0 Å². The third-order valence-electron chi connectivity index (χ3n) is 2.83. The third-order valence-corrected chi connectivity index (χ3v) is 2.83. The number of nitrogens with one attached hydrogen (secondary N) is 1. The van der Waals surface area contributed by atoms with Gasteiger partial charge in [0, 0.05) is 11.8 Å². The van der Waals surface area contributed by atoms with Crippen molar-refractivity contribution < 1.29 is 13.9 Å². The minimum atomic E-state index is -0.653. The maximum absolute atomic E-state index is 13.2. The smallest absolute Gasteiger partial charge is 0.126 e. The van der Waals surface area contributed by atoms with Crippen LogP contribution in [0.3, 0.4) is 0 Å². The van der Waals surface area contributed by atoms with Gasteiger partial charge in [-0.3, -0.25) is 0 Å². The fourth-order valence-electron chi connectivity index (χ4n) is 1.95. The largest absolute Gasteiger partial charge is 0.394 e. The van der Waals surface area contributed by atoms with E-state index >= 15 is 0 Å². The van der Waals surface area contributed by atoms with Gasteiger partial charge < -0.3 is 10.4 Å². The molecule has 1 atom stereocenters. The summed E-state index contributed by atoms with van der Waals surface area (Å²) in [6, 6.07) is 10.2. The van der Waals surface area contributed by atoms with Crippen LogP contribution in [0.5, 0.6) is 0 Å². The van der Waals surface area contributed by atoms with Gasteiger partial charge in [-0.15, -0.1) is 0 Å². The highest BCUT2D eigenvalue weighted by Gasteiger charge is 2.12. The van der Waals surface area contributed by atoms with Crippen LogP contribution in [-0.2, 0) is 0 Å². The maximum atomic E-state index is 13.2. The van der Waals surface area contributed by atoms with Gasteiger partial charge in [-0.2, -0.15) is 0 Å². The van der Waals surface area contributed by atoms with Crippen LogP contribution in [0.1, 0.15) is 17.2 Å². The summed E-state index contributed by atoms with van der Waals surface area (Å²) < 4.78 is 26.4. The lowest BCUT2D eigenvalue weighted by atomic mass is 10.1. The molecule has 100 valence electrons. The van der Waals surface area contributed by atoms with E-state index in [1.807, 2.05) is 31.2 Å². The summed E-state index contributed by atoms with van der Waals surface area (Å²) in [7, 11) is 0. The predicted molar refractivity (Wildman–Crippen MR) is 71.0 cm³/mol. The zero-order valence-electron chi connectivity index (χ0n) is 10.5. The Labute approximate surface area is 110 Å². The fraction of sp³-hybridized carbons (Fsp3) is 0.200. The number of rotatable bonds is 4. The second kappa shape index (κ2) is 5.80. The van der Waals surface area contributed by atoms with Gasteiger partial charge in [0.05, 0.1) is 12.6 Å². The van der Waals surface area contributed by atoms with Crippen molar-refractivity contribution in [2.45, 2.75) is 13.0 Å². The van der Waals surface area contributed by atoms with E-state index in [0.717, 1.165) is 17.3 Å². The maximum Gasteiger partial charge on any atom is 0.126 e. The minimum absolute atomic E-state index is 0.253. The van der Waals surface area contributed by atoms with Crippen LogP contribution in [0.4, 0.5) is 14.5 Å². The molecule has 0 saturated carbocycles. The molecular formula is C15H15F2NO. The van der Waals surface area contributed by atoms with Crippen LogP contribution in [0.15, 0.2) is 42.5 Å². The van der Waals surface area contributed by atoms with E-state index in [1.54, 1.807) is 0 Å². The Kier molecular flexibility index (Phi) is 4.12. The molecule has 4 heteroatoms. The zero-order chi connectivity index (χ0) is 13.8. The molecule has 2 N–H and O–H groups in total. The summed E-state index contributed by atoms with van der Waals surface area (Å²) in [6.45, 7) is 1.69. The van der Waals surface area contributed by atoms with Gasteiger partial charge in [0.15, 0.2) is 0 Å².